The molecule has 3 N–H and O–H groups in total. The fraction of sp³-hybridized carbons (Fsp3) is 0.481. The summed E-state index contributed by atoms with van der Waals surface area (Å²) in [7, 11) is 0. The Morgan fingerprint density at radius 2 is 1.95 bits per heavy atom. The molecule has 0 radical (unpaired) electrons. The van der Waals surface area contributed by atoms with Gasteiger partial charge in [0.1, 0.15) is 12.2 Å². The van der Waals surface area contributed by atoms with Crippen LogP contribution in [0.4, 0.5) is 5.82 Å². The van der Waals surface area contributed by atoms with Gasteiger partial charge in [-0.2, -0.15) is 9.97 Å². The molecule has 39 heavy (non-hydrogen) atoms. The number of carbonyl (C=O) groups is 1. The number of anilines is 1. The fourth-order valence-electron chi connectivity index (χ4n) is 5.13. The highest BCUT2D eigenvalue weighted by Gasteiger charge is 2.56. The van der Waals surface area contributed by atoms with Crippen molar-refractivity contribution in [3.63, 3.8) is 0 Å². The number of benzene rings is 1. The monoisotopic (exact) mass is 555 g/mol. The molecule has 2 aliphatic heterocycles. The molecule has 4 heterocycles. The summed E-state index contributed by atoms with van der Waals surface area (Å²) in [5.74, 6) is 1.63. The topological polar surface area (TPSA) is 143 Å². The van der Waals surface area contributed by atoms with Crippen LogP contribution in [0.25, 0.3) is 11.2 Å². The van der Waals surface area contributed by atoms with Crippen LogP contribution in [0.3, 0.4) is 0 Å². The smallest absolute Gasteiger partial charge is 0.333 e. The highest BCUT2D eigenvalue weighted by Crippen LogP contribution is 2.39. The van der Waals surface area contributed by atoms with Crippen LogP contribution in [-0.2, 0) is 20.7 Å². The maximum Gasteiger partial charge on any atom is 0.333 e. The number of hydrogen-bond donors (Lipinski definition) is 3. The number of aromatic nitrogens is 4. The van der Waals surface area contributed by atoms with Gasteiger partial charge in [0.25, 0.3) is 0 Å². The van der Waals surface area contributed by atoms with Crippen LogP contribution >= 0.6 is 11.6 Å². The van der Waals surface area contributed by atoms with Crippen LogP contribution in [0, 0.1) is 12.3 Å². The minimum Gasteiger partial charge on any atom is -0.479 e. The van der Waals surface area contributed by atoms with Crippen molar-refractivity contribution in [3.8, 4) is 12.3 Å². The van der Waals surface area contributed by atoms with Gasteiger partial charge >= 0.3 is 5.97 Å². The first-order chi connectivity index (χ1) is 18.8. The van der Waals surface area contributed by atoms with E-state index in [2.05, 4.69) is 25.8 Å². The minimum absolute atomic E-state index is 0.00768. The predicted molar refractivity (Wildman–Crippen MR) is 142 cm³/mol. The standard InChI is InChI=1S/C27H30ClN5O6/c1-2-27(37)19(15-38-18(25(35)36)14-17-10-6-5-7-11-17)39-24(21(27)34)33-16-29-20-22(30-26(28)31-23(20)33)32-12-8-3-4-9-13-32/h1,5-7,10-11,16,18-19,21,24,34,37H,3-4,8-9,12-15H2,(H,35,36)/t18?,19-,21+,24-,27-/m1/s1. The van der Waals surface area contributed by atoms with Crippen molar-refractivity contribution in [2.75, 3.05) is 24.6 Å². The van der Waals surface area contributed by atoms with E-state index in [1.54, 1.807) is 24.3 Å². The van der Waals surface area contributed by atoms with Crippen molar-refractivity contribution >= 4 is 34.6 Å². The van der Waals surface area contributed by atoms with Gasteiger partial charge in [-0.1, -0.05) is 49.1 Å². The van der Waals surface area contributed by atoms with E-state index < -0.39 is 36.1 Å². The van der Waals surface area contributed by atoms with E-state index in [0.717, 1.165) is 44.3 Å². The van der Waals surface area contributed by atoms with Crippen molar-refractivity contribution < 1.29 is 29.6 Å². The number of aliphatic hydroxyl groups is 2. The third-order valence-corrected chi connectivity index (χ3v) is 7.46. The van der Waals surface area contributed by atoms with Crippen LogP contribution in [0.1, 0.15) is 37.5 Å². The van der Waals surface area contributed by atoms with Gasteiger partial charge in [-0.05, 0) is 30.0 Å². The second-order valence-electron chi connectivity index (χ2n) is 9.82. The number of ether oxygens (including phenoxy) is 2. The lowest BCUT2D eigenvalue weighted by molar-refractivity contribution is -0.156. The Labute approximate surface area is 230 Å². The Morgan fingerprint density at radius 3 is 2.62 bits per heavy atom. The number of rotatable bonds is 8. The first-order valence-corrected chi connectivity index (χ1v) is 13.3. The number of halogens is 1. The second kappa shape index (κ2) is 11.5. The lowest BCUT2D eigenvalue weighted by atomic mass is 9.93. The molecule has 5 atom stereocenters. The summed E-state index contributed by atoms with van der Waals surface area (Å²) in [4.78, 5) is 27.2. The van der Waals surface area contributed by atoms with Crippen LogP contribution in [0.2, 0.25) is 5.28 Å². The third kappa shape index (κ3) is 5.44. The van der Waals surface area contributed by atoms with Crippen LogP contribution < -0.4 is 4.90 Å². The zero-order valence-corrected chi connectivity index (χ0v) is 21.9. The summed E-state index contributed by atoms with van der Waals surface area (Å²) in [6.45, 7) is 1.24. The van der Waals surface area contributed by atoms with E-state index in [0.29, 0.717) is 17.0 Å². The highest BCUT2D eigenvalue weighted by molar-refractivity contribution is 6.28. The molecule has 2 saturated heterocycles. The van der Waals surface area contributed by atoms with E-state index in [1.807, 2.05) is 6.07 Å². The molecule has 3 aromatic rings. The highest BCUT2D eigenvalue weighted by atomic mass is 35.5. The molecular weight excluding hydrogens is 526 g/mol. The Morgan fingerprint density at radius 1 is 1.23 bits per heavy atom. The first kappa shape index (κ1) is 27.3. The number of terminal acetylenes is 1. The number of imidazole rings is 1. The normalized spacial score (nSPS) is 26.3. The molecule has 2 aliphatic rings. The molecule has 5 rings (SSSR count). The summed E-state index contributed by atoms with van der Waals surface area (Å²) in [5.41, 5.74) is -0.604. The summed E-state index contributed by atoms with van der Waals surface area (Å²) >= 11 is 6.30. The first-order valence-electron chi connectivity index (χ1n) is 12.9. The van der Waals surface area contributed by atoms with Gasteiger partial charge < -0.3 is 29.7 Å². The van der Waals surface area contributed by atoms with E-state index >= 15 is 0 Å². The quantitative estimate of drug-likeness (QED) is 0.279. The number of nitrogens with zero attached hydrogens (tertiary/aromatic N) is 5. The summed E-state index contributed by atoms with van der Waals surface area (Å²) in [5, 5.41) is 32.0. The van der Waals surface area contributed by atoms with Gasteiger partial charge in [-0.3, -0.25) is 4.57 Å². The molecule has 0 saturated carbocycles. The van der Waals surface area contributed by atoms with Crippen molar-refractivity contribution in [1.82, 2.24) is 19.5 Å². The maximum atomic E-state index is 11.9. The Bertz CT molecular complexity index is 1360. The zero-order valence-electron chi connectivity index (χ0n) is 21.2. The molecule has 1 aromatic carbocycles. The number of aliphatic carboxylic acids is 1. The summed E-state index contributed by atoms with van der Waals surface area (Å²) in [6.07, 6.45) is 6.24. The van der Waals surface area contributed by atoms with E-state index in [-0.39, 0.29) is 18.3 Å². The van der Waals surface area contributed by atoms with Crippen LogP contribution in [-0.4, -0.2) is 84.4 Å². The Kier molecular flexibility index (Phi) is 8.02. The fourth-order valence-corrected chi connectivity index (χ4v) is 5.29. The molecule has 206 valence electrons. The third-order valence-electron chi connectivity index (χ3n) is 7.29. The molecule has 0 bridgehead atoms. The molecule has 0 spiro atoms. The zero-order chi connectivity index (χ0) is 27.6. The number of fused-ring (bicyclic) bond motifs is 1. The predicted octanol–water partition coefficient (Wildman–Crippen LogP) is 2.20. The van der Waals surface area contributed by atoms with Gasteiger partial charge in [0.05, 0.1) is 12.9 Å². The maximum absolute atomic E-state index is 11.9. The van der Waals surface area contributed by atoms with Crippen molar-refractivity contribution in [2.45, 2.75) is 62.2 Å². The number of carboxylic acid groups (broad SMARTS) is 1. The number of carboxylic acids is 1. The number of aliphatic hydroxyl groups excluding tert-OH is 1. The van der Waals surface area contributed by atoms with Gasteiger partial charge in [0, 0.05) is 19.5 Å². The van der Waals surface area contributed by atoms with Crippen LogP contribution in [0.15, 0.2) is 36.7 Å². The van der Waals surface area contributed by atoms with E-state index in [1.165, 1.54) is 10.9 Å². The molecule has 2 fully saturated rings. The van der Waals surface area contributed by atoms with E-state index in [9.17, 15) is 20.1 Å². The summed E-state index contributed by atoms with van der Waals surface area (Å²) in [6, 6.07) is 9.02. The molecule has 12 heteroatoms. The second-order valence-corrected chi connectivity index (χ2v) is 10.2. The average molecular weight is 556 g/mol. The largest absolute Gasteiger partial charge is 0.479 e. The molecule has 2 aromatic heterocycles. The van der Waals surface area contributed by atoms with Crippen molar-refractivity contribution in [2.24, 2.45) is 0 Å². The lowest BCUT2D eigenvalue weighted by Gasteiger charge is -2.26. The number of hydrogen-bond acceptors (Lipinski definition) is 9. The molecule has 0 amide bonds. The molecule has 0 aliphatic carbocycles. The van der Waals surface area contributed by atoms with Gasteiger partial charge in [0.15, 0.2) is 34.9 Å². The Hall–Kier alpha value is -3.27. The molecule has 1 unspecified atom stereocenters. The summed E-state index contributed by atoms with van der Waals surface area (Å²) < 4.78 is 13.1. The van der Waals surface area contributed by atoms with E-state index in [4.69, 9.17) is 27.5 Å². The Balaban J connectivity index is 1.40. The minimum atomic E-state index is -2.17. The van der Waals surface area contributed by atoms with Crippen molar-refractivity contribution in [1.29, 1.82) is 0 Å². The lowest BCUT2D eigenvalue weighted by Crippen LogP contribution is -2.48. The SMILES string of the molecule is C#C[C@@]1(O)[C@@H](COC(Cc2ccccc2)C(=O)O)O[C@@H](n2cnc3c(N4CCCCCC4)nc(Cl)nc32)[C@@H]1O. The van der Waals surface area contributed by atoms with Gasteiger partial charge in [-0.25, -0.2) is 9.78 Å². The van der Waals surface area contributed by atoms with Gasteiger partial charge in [-0.15, -0.1) is 6.42 Å². The van der Waals surface area contributed by atoms with Crippen LogP contribution in [0.5, 0.6) is 0 Å². The van der Waals surface area contributed by atoms with Crippen molar-refractivity contribution in [3.05, 3.63) is 47.5 Å². The molecule has 11 nitrogen and oxygen atoms in total. The molecular formula is C27H30ClN5O6. The average Bonchev–Trinajstić information content (AvgIpc) is 3.30. The van der Waals surface area contributed by atoms with Gasteiger partial charge in [0.2, 0.25) is 5.28 Å².